The number of carbonyl (C=O) groups is 1. The Morgan fingerprint density at radius 2 is 2.54 bits per heavy atom. The van der Waals surface area contributed by atoms with Crippen LogP contribution in [0.5, 0.6) is 0 Å². The number of alkyl halides is 1. The van der Waals surface area contributed by atoms with Crippen molar-refractivity contribution in [2.24, 2.45) is 0 Å². The fraction of sp³-hybridized carbons (Fsp3) is 0.667. The Bertz CT molecular complexity index is 262. The Kier molecular flexibility index (Phi) is 3.81. The molecule has 0 radical (unpaired) electrons. The minimum atomic E-state index is -0.153. The molecule has 1 unspecified atom stereocenters. The summed E-state index contributed by atoms with van der Waals surface area (Å²) in [5.41, 5.74) is 0. The van der Waals surface area contributed by atoms with E-state index in [1.807, 2.05) is 6.92 Å². The quantitative estimate of drug-likeness (QED) is 0.734. The molecule has 0 aliphatic heterocycles. The van der Waals surface area contributed by atoms with E-state index in [2.05, 4.69) is 41.9 Å². The van der Waals surface area contributed by atoms with Crippen LogP contribution in [0.15, 0.2) is 0 Å². The van der Waals surface area contributed by atoms with E-state index >= 15 is 0 Å². The average molecular weight is 248 g/mol. The minimum absolute atomic E-state index is 0.0627. The SMILES string of the molecule is CCC(Br)C(=O)NCc1nn[nH]n1. The molecule has 1 rings (SSSR count). The molecule has 1 aromatic rings. The molecule has 0 aliphatic rings. The molecule has 0 saturated carbocycles. The van der Waals surface area contributed by atoms with Crippen LogP contribution in [0.2, 0.25) is 0 Å². The molecule has 0 aromatic carbocycles. The number of tetrazole rings is 1. The molecule has 1 amide bonds. The number of nitrogens with one attached hydrogen (secondary N) is 2. The van der Waals surface area contributed by atoms with Gasteiger partial charge in [-0.05, 0) is 6.42 Å². The zero-order chi connectivity index (χ0) is 9.68. The summed E-state index contributed by atoms with van der Waals surface area (Å²) in [6, 6.07) is 0. The summed E-state index contributed by atoms with van der Waals surface area (Å²) in [4.78, 5) is 11.1. The molecule has 1 atom stereocenters. The second-order valence-corrected chi connectivity index (χ2v) is 3.53. The Morgan fingerprint density at radius 3 is 3.08 bits per heavy atom. The van der Waals surface area contributed by atoms with Gasteiger partial charge in [-0.1, -0.05) is 28.1 Å². The van der Waals surface area contributed by atoms with Crippen LogP contribution in [0.4, 0.5) is 0 Å². The van der Waals surface area contributed by atoms with E-state index in [1.165, 1.54) is 0 Å². The molecule has 0 bridgehead atoms. The zero-order valence-corrected chi connectivity index (χ0v) is 8.71. The topological polar surface area (TPSA) is 83.6 Å². The van der Waals surface area contributed by atoms with Crippen molar-refractivity contribution in [2.75, 3.05) is 0 Å². The van der Waals surface area contributed by atoms with Gasteiger partial charge in [0.05, 0.1) is 11.4 Å². The Balaban J connectivity index is 2.31. The fourth-order valence-electron chi connectivity index (χ4n) is 0.720. The highest BCUT2D eigenvalue weighted by atomic mass is 79.9. The summed E-state index contributed by atoms with van der Waals surface area (Å²) >= 11 is 3.23. The first-order valence-electron chi connectivity index (χ1n) is 3.88. The standard InChI is InChI=1S/C6H10BrN5O/c1-2-4(7)6(13)8-3-5-9-11-12-10-5/h4H,2-3H2,1H3,(H,8,13)(H,9,10,11,12). The van der Waals surface area contributed by atoms with Crippen molar-refractivity contribution in [2.45, 2.75) is 24.7 Å². The van der Waals surface area contributed by atoms with Crippen LogP contribution >= 0.6 is 15.9 Å². The second kappa shape index (κ2) is 4.90. The van der Waals surface area contributed by atoms with Crippen LogP contribution < -0.4 is 5.32 Å². The van der Waals surface area contributed by atoms with Crippen LogP contribution in [0.25, 0.3) is 0 Å². The number of amides is 1. The summed E-state index contributed by atoms with van der Waals surface area (Å²) in [7, 11) is 0. The normalized spacial score (nSPS) is 12.5. The summed E-state index contributed by atoms with van der Waals surface area (Å²) in [5.74, 6) is 0.413. The van der Waals surface area contributed by atoms with Gasteiger partial charge in [0.1, 0.15) is 0 Å². The number of hydrogen-bond acceptors (Lipinski definition) is 4. The molecular formula is C6H10BrN5O. The number of rotatable bonds is 4. The number of hydrogen-bond donors (Lipinski definition) is 2. The van der Waals surface area contributed by atoms with Gasteiger partial charge < -0.3 is 5.32 Å². The third-order valence-electron chi connectivity index (χ3n) is 1.45. The van der Waals surface area contributed by atoms with Crippen molar-refractivity contribution < 1.29 is 4.79 Å². The number of carbonyl (C=O) groups excluding carboxylic acids is 1. The molecule has 1 aromatic heterocycles. The highest BCUT2D eigenvalue weighted by molar-refractivity contribution is 9.10. The van der Waals surface area contributed by atoms with E-state index in [1.54, 1.807) is 0 Å². The van der Waals surface area contributed by atoms with Crippen molar-refractivity contribution in [1.82, 2.24) is 25.9 Å². The molecule has 2 N–H and O–H groups in total. The summed E-state index contributed by atoms with van der Waals surface area (Å²) < 4.78 is 0. The zero-order valence-electron chi connectivity index (χ0n) is 7.12. The largest absolute Gasteiger partial charge is 0.348 e. The van der Waals surface area contributed by atoms with Crippen molar-refractivity contribution >= 4 is 21.8 Å². The maximum atomic E-state index is 11.2. The van der Waals surface area contributed by atoms with E-state index in [0.717, 1.165) is 6.42 Å². The lowest BCUT2D eigenvalue weighted by molar-refractivity contribution is -0.120. The van der Waals surface area contributed by atoms with E-state index in [-0.39, 0.29) is 10.7 Å². The van der Waals surface area contributed by atoms with Crippen LogP contribution in [0.3, 0.4) is 0 Å². The van der Waals surface area contributed by atoms with E-state index < -0.39 is 0 Å². The molecule has 6 nitrogen and oxygen atoms in total. The van der Waals surface area contributed by atoms with Gasteiger partial charge in [0, 0.05) is 0 Å². The highest BCUT2D eigenvalue weighted by Crippen LogP contribution is 2.03. The number of aromatic amines is 1. The molecule has 1 heterocycles. The van der Waals surface area contributed by atoms with E-state index in [4.69, 9.17) is 0 Å². The predicted octanol–water partition coefficient (Wildman–Crippen LogP) is -0.0106. The number of aromatic nitrogens is 4. The van der Waals surface area contributed by atoms with Crippen LogP contribution in [-0.4, -0.2) is 31.4 Å². The minimum Gasteiger partial charge on any atom is -0.348 e. The van der Waals surface area contributed by atoms with E-state index in [0.29, 0.717) is 12.4 Å². The lowest BCUT2D eigenvalue weighted by Crippen LogP contribution is -2.30. The lowest BCUT2D eigenvalue weighted by atomic mass is 10.3. The monoisotopic (exact) mass is 247 g/mol. The molecule has 0 saturated heterocycles. The van der Waals surface area contributed by atoms with Gasteiger partial charge in [-0.15, -0.1) is 10.2 Å². The first-order chi connectivity index (χ1) is 6.24. The third-order valence-corrected chi connectivity index (χ3v) is 2.52. The first-order valence-corrected chi connectivity index (χ1v) is 4.79. The summed E-state index contributed by atoms with van der Waals surface area (Å²) in [6.07, 6.45) is 0.748. The van der Waals surface area contributed by atoms with Crippen molar-refractivity contribution in [3.8, 4) is 0 Å². The van der Waals surface area contributed by atoms with Crippen LogP contribution in [0.1, 0.15) is 19.2 Å². The predicted molar refractivity (Wildman–Crippen MR) is 49.0 cm³/mol. The molecule has 13 heavy (non-hydrogen) atoms. The Labute approximate surface area is 83.6 Å². The summed E-state index contributed by atoms with van der Waals surface area (Å²) in [6.45, 7) is 2.23. The number of H-pyrrole nitrogens is 1. The molecule has 7 heteroatoms. The molecule has 0 aliphatic carbocycles. The smallest absolute Gasteiger partial charge is 0.234 e. The lowest BCUT2D eigenvalue weighted by Gasteiger charge is -2.05. The van der Waals surface area contributed by atoms with Gasteiger partial charge in [0.15, 0.2) is 5.82 Å². The summed E-state index contributed by atoms with van der Waals surface area (Å²) in [5, 5.41) is 15.7. The molecule has 0 fully saturated rings. The van der Waals surface area contributed by atoms with Gasteiger partial charge in [-0.3, -0.25) is 4.79 Å². The fourth-order valence-corrected chi connectivity index (χ4v) is 0.882. The van der Waals surface area contributed by atoms with Gasteiger partial charge in [-0.2, -0.15) is 5.21 Å². The van der Waals surface area contributed by atoms with Gasteiger partial charge in [0.2, 0.25) is 5.91 Å². The number of nitrogens with zero attached hydrogens (tertiary/aromatic N) is 3. The van der Waals surface area contributed by atoms with Gasteiger partial charge in [-0.25, -0.2) is 0 Å². The molecule has 0 spiro atoms. The second-order valence-electron chi connectivity index (χ2n) is 2.42. The first kappa shape index (κ1) is 10.1. The third kappa shape index (κ3) is 3.10. The van der Waals surface area contributed by atoms with Crippen LogP contribution in [0, 0.1) is 0 Å². The van der Waals surface area contributed by atoms with Crippen molar-refractivity contribution in [1.29, 1.82) is 0 Å². The van der Waals surface area contributed by atoms with Crippen molar-refractivity contribution in [3.05, 3.63) is 5.82 Å². The number of halogens is 1. The highest BCUT2D eigenvalue weighted by Gasteiger charge is 2.11. The van der Waals surface area contributed by atoms with E-state index in [9.17, 15) is 4.79 Å². The van der Waals surface area contributed by atoms with Gasteiger partial charge >= 0.3 is 0 Å². The van der Waals surface area contributed by atoms with Crippen LogP contribution in [-0.2, 0) is 11.3 Å². The maximum Gasteiger partial charge on any atom is 0.234 e. The van der Waals surface area contributed by atoms with Gasteiger partial charge in [0.25, 0.3) is 0 Å². The maximum absolute atomic E-state index is 11.2. The van der Waals surface area contributed by atoms with Crippen molar-refractivity contribution in [3.63, 3.8) is 0 Å². The Hall–Kier alpha value is -0.980. The molecular weight excluding hydrogens is 238 g/mol. The molecule has 72 valence electrons. The average Bonchev–Trinajstić information content (AvgIpc) is 2.65. The Morgan fingerprint density at radius 1 is 1.77 bits per heavy atom.